The van der Waals surface area contributed by atoms with Crippen LogP contribution < -0.4 is 4.74 Å². The molecule has 0 fully saturated rings. The van der Waals surface area contributed by atoms with Crippen molar-refractivity contribution < 1.29 is 14.6 Å². The van der Waals surface area contributed by atoms with Gasteiger partial charge >= 0.3 is 5.97 Å². The standard InChI is InChI=1S/C13H9Br2NO3/c1-7-4-5-16-12(11(7)13(17)18)19-10-3-2-8(14)6-9(10)15/h2-6H,1H3,(H,17,18). The fraction of sp³-hybridized carbons (Fsp3) is 0.0769. The maximum absolute atomic E-state index is 11.2. The lowest BCUT2D eigenvalue weighted by atomic mass is 10.1. The Balaban J connectivity index is 2.44. The molecule has 0 aliphatic heterocycles. The van der Waals surface area contributed by atoms with Gasteiger partial charge in [0.1, 0.15) is 11.3 Å². The summed E-state index contributed by atoms with van der Waals surface area (Å²) in [5, 5.41) is 9.20. The average molecular weight is 387 g/mol. The van der Waals surface area contributed by atoms with Crippen molar-refractivity contribution in [3.05, 3.63) is 50.5 Å². The lowest BCUT2D eigenvalue weighted by molar-refractivity contribution is 0.0692. The van der Waals surface area contributed by atoms with E-state index in [1.165, 1.54) is 6.20 Å². The Kier molecular flexibility index (Phi) is 4.21. The van der Waals surface area contributed by atoms with Crippen LogP contribution in [0.1, 0.15) is 15.9 Å². The first-order valence-electron chi connectivity index (χ1n) is 5.31. The van der Waals surface area contributed by atoms with E-state index in [1.54, 1.807) is 25.1 Å². The Morgan fingerprint density at radius 2 is 2.05 bits per heavy atom. The number of aromatic nitrogens is 1. The van der Waals surface area contributed by atoms with Crippen molar-refractivity contribution in [2.24, 2.45) is 0 Å². The lowest BCUT2D eigenvalue weighted by Crippen LogP contribution is -2.04. The van der Waals surface area contributed by atoms with Gasteiger partial charge in [0.2, 0.25) is 5.88 Å². The summed E-state index contributed by atoms with van der Waals surface area (Å²) in [6.07, 6.45) is 1.52. The monoisotopic (exact) mass is 385 g/mol. The van der Waals surface area contributed by atoms with Gasteiger partial charge in [-0.1, -0.05) is 15.9 Å². The molecule has 0 aliphatic carbocycles. The third-order valence-corrected chi connectivity index (χ3v) is 3.55. The van der Waals surface area contributed by atoms with Crippen molar-refractivity contribution in [3.63, 3.8) is 0 Å². The number of aryl methyl sites for hydroxylation is 1. The summed E-state index contributed by atoms with van der Waals surface area (Å²) in [5.74, 6) is -0.479. The van der Waals surface area contributed by atoms with E-state index < -0.39 is 5.97 Å². The van der Waals surface area contributed by atoms with Gasteiger partial charge in [-0.25, -0.2) is 9.78 Å². The van der Waals surface area contributed by atoms with E-state index in [-0.39, 0.29) is 11.4 Å². The predicted molar refractivity (Wildman–Crippen MR) is 77.8 cm³/mol. The van der Waals surface area contributed by atoms with E-state index in [9.17, 15) is 9.90 Å². The van der Waals surface area contributed by atoms with Crippen molar-refractivity contribution in [1.29, 1.82) is 0 Å². The number of halogens is 2. The van der Waals surface area contributed by atoms with E-state index in [4.69, 9.17) is 4.74 Å². The molecule has 1 aromatic carbocycles. The molecule has 1 aromatic heterocycles. The van der Waals surface area contributed by atoms with Crippen molar-refractivity contribution in [2.75, 3.05) is 0 Å². The molecule has 2 rings (SSSR count). The maximum atomic E-state index is 11.2. The molecule has 0 amide bonds. The molecule has 0 spiro atoms. The van der Waals surface area contributed by atoms with E-state index in [0.29, 0.717) is 15.8 Å². The molecule has 4 nitrogen and oxygen atoms in total. The highest BCUT2D eigenvalue weighted by atomic mass is 79.9. The Labute approximate surface area is 126 Å². The molecule has 98 valence electrons. The second-order valence-electron chi connectivity index (χ2n) is 3.79. The minimum Gasteiger partial charge on any atom is -0.477 e. The zero-order valence-corrected chi connectivity index (χ0v) is 13.0. The number of nitrogens with zero attached hydrogens (tertiary/aromatic N) is 1. The molecular formula is C13H9Br2NO3. The van der Waals surface area contributed by atoms with Gasteiger partial charge in [0.05, 0.1) is 4.47 Å². The molecule has 0 radical (unpaired) electrons. The van der Waals surface area contributed by atoms with Crippen LogP contribution in [0.4, 0.5) is 0 Å². The highest BCUT2D eigenvalue weighted by Gasteiger charge is 2.17. The van der Waals surface area contributed by atoms with E-state index in [0.717, 1.165) is 4.47 Å². The topological polar surface area (TPSA) is 59.4 Å². The Bertz CT molecular complexity index is 644. The number of hydrogen-bond donors (Lipinski definition) is 1. The van der Waals surface area contributed by atoms with Crippen LogP contribution in [0, 0.1) is 6.92 Å². The van der Waals surface area contributed by atoms with Gasteiger partial charge in [-0.3, -0.25) is 0 Å². The smallest absolute Gasteiger partial charge is 0.341 e. The summed E-state index contributed by atoms with van der Waals surface area (Å²) in [7, 11) is 0. The summed E-state index contributed by atoms with van der Waals surface area (Å²) >= 11 is 6.69. The van der Waals surface area contributed by atoms with Gasteiger partial charge in [-0.15, -0.1) is 0 Å². The SMILES string of the molecule is Cc1ccnc(Oc2ccc(Br)cc2Br)c1C(=O)O. The minimum absolute atomic E-state index is 0.0670. The molecule has 19 heavy (non-hydrogen) atoms. The molecule has 0 saturated carbocycles. The first-order chi connectivity index (χ1) is 8.99. The van der Waals surface area contributed by atoms with Crippen LogP contribution >= 0.6 is 31.9 Å². The van der Waals surface area contributed by atoms with Gasteiger partial charge in [0.15, 0.2) is 0 Å². The third kappa shape index (κ3) is 3.13. The molecule has 1 N–H and O–H groups in total. The fourth-order valence-corrected chi connectivity index (χ4v) is 2.66. The van der Waals surface area contributed by atoms with Gasteiger partial charge in [0.25, 0.3) is 0 Å². The summed E-state index contributed by atoms with van der Waals surface area (Å²) in [5.41, 5.74) is 0.669. The summed E-state index contributed by atoms with van der Waals surface area (Å²) in [6, 6.07) is 6.97. The molecular weight excluding hydrogens is 378 g/mol. The second-order valence-corrected chi connectivity index (χ2v) is 5.56. The highest BCUT2D eigenvalue weighted by Crippen LogP contribution is 2.33. The van der Waals surface area contributed by atoms with Crippen LogP contribution in [0.15, 0.2) is 39.4 Å². The summed E-state index contributed by atoms with van der Waals surface area (Å²) in [6.45, 7) is 1.70. The number of ether oxygens (including phenoxy) is 1. The Hall–Kier alpha value is -1.40. The zero-order valence-electron chi connectivity index (χ0n) is 9.85. The van der Waals surface area contributed by atoms with Gasteiger partial charge in [-0.2, -0.15) is 0 Å². The van der Waals surface area contributed by atoms with Crippen molar-refractivity contribution in [3.8, 4) is 11.6 Å². The van der Waals surface area contributed by atoms with Crippen molar-refractivity contribution in [1.82, 2.24) is 4.98 Å². The predicted octanol–water partition coefficient (Wildman–Crippen LogP) is 4.41. The first-order valence-corrected chi connectivity index (χ1v) is 6.89. The van der Waals surface area contributed by atoms with Crippen molar-refractivity contribution in [2.45, 2.75) is 6.92 Å². The summed E-state index contributed by atoms with van der Waals surface area (Å²) < 4.78 is 7.18. The zero-order chi connectivity index (χ0) is 14.0. The third-order valence-electron chi connectivity index (χ3n) is 2.44. The maximum Gasteiger partial charge on any atom is 0.341 e. The fourth-order valence-electron chi connectivity index (χ4n) is 1.53. The van der Waals surface area contributed by atoms with Crippen LogP contribution in [0.2, 0.25) is 0 Å². The number of carboxylic acid groups (broad SMARTS) is 1. The number of benzene rings is 1. The van der Waals surface area contributed by atoms with Crippen molar-refractivity contribution >= 4 is 37.8 Å². The molecule has 1 heterocycles. The molecule has 0 aliphatic rings. The second kappa shape index (κ2) is 5.71. The average Bonchev–Trinajstić information content (AvgIpc) is 2.32. The van der Waals surface area contributed by atoms with Crippen LogP contribution in [0.25, 0.3) is 0 Å². The Morgan fingerprint density at radius 3 is 2.68 bits per heavy atom. The van der Waals surface area contributed by atoms with Gasteiger partial charge in [0, 0.05) is 10.7 Å². The largest absolute Gasteiger partial charge is 0.477 e. The van der Waals surface area contributed by atoms with Crippen LogP contribution in [0.5, 0.6) is 11.6 Å². The van der Waals surface area contributed by atoms with Crippen LogP contribution in [0.3, 0.4) is 0 Å². The molecule has 2 aromatic rings. The number of hydrogen-bond acceptors (Lipinski definition) is 3. The van der Waals surface area contributed by atoms with Crippen LogP contribution in [-0.4, -0.2) is 16.1 Å². The normalized spacial score (nSPS) is 10.3. The number of aromatic carboxylic acids is 1. The van der Waals surface area contributed by atoms with E-state index in [1.807, 2.05) is 6.07 Å². The lowest BCUT2D eigenvalue weighted by Gasteiger charge is -2.10. The number of carboxylic acids is 1. The highest BCUT2D eigenvalue weighted by molar-refractivity contribution is 9.11. The molecule has 0 saturated heterocycles. The quantitative estimate of drug-likeness (QED) is 0.848. The molecule has 0 atom stereocenters. The minimum atomic E-state index is -1.06. The van der Waals surface area contributed by atoms with E-state index in [2.05, 4.69) is 36.8 Å². The number of rotatable bonds is 3. The van der Waals surface area contributed by atoms with E-state index >= 15 is 0 Å². The molecule has 0 unspecified atom stereocenters. The Morgan fingerprint density at radius 1 is 1.32 bits per heavy atom. The first kappa shape index (κ1) is 14.0. The number of pyridine rings is 1. The van der Waals surface area contributed by atoms with Crippen LogP contribution in [-0.2, 0) is 0 Å². The number of carbonyl (C=O) groups is 1. The van der Waals surface area contributed by atoms with Gasteiger partial charge < -0.3 is 9.84 Å². The van der Waals surface area contributed by atoms with Gasteiger partial charge in [-0.05, 0) is 52.7 Å². The molecule has 6 heteroatoms. The molecule has 0 bridgehead atoms. The summed E-state index contributed by atoms with van der Waals surface area (Å²) in [4.78, 5) is 15.2.